The average molecular weight is 785 g/mol. The minimum absolute atomic E-state index is 0.0167. The molecular formula is C33H33BrF3N3O11. The summed E-state index contributed by atoms with van der Waals surface area (Å²) in [5, 5.41) is 19.2. The summed E-state index contributed by atoms with van der Waals surface area (Å²) in [5.41, 5.74) is 6.16. The number of alkyl halides is 2. The molecule has 0 saturated carbocycles. The lowest BCUT2D eigenvalue weighted by molar-refractivity contribution is -0.385. The van der Waals surface area contributed by atoms with E-state index in [0.29, 0.717) is 17.5 Å². The summed E-state index contributed by atoms with van der Waals surface area (Å²) in [5.74, 6) is -5.09. The molecule has 1 atom stereocenters. The summed E-state index contributed by atoms with van der Waals surface area (Å²) < 4.78 is 51.3. The van der Waals surface area contributed by atoms with Crippen LogP contribution in [-0.2, 0) is 28.6 Å². The zero-order valence-corrected chi connectivity index (χ0v) is 28.9. The minimum atomic E-state index is -1.68. The molecule has 0 fully saturated rings. The van der Waals surface area contributed by atoms with Gasteiger partial charge in [-0.1, -0.05) is 42.5 Å². The zero-order valence-electron chi connectivity index (χ0n) is 27.3. The van der Waals surface area contributed by atoms with E-state index in [1.807, 2.05) is 0 Å². The van der Waals surface area contributed by atoms with E-state index >= 15 is 0 Å². The van der Waals surface area contributed by atoms with E-state index in [9.17, 15) is 52.6 Å². The Hall–Kier alpha value is -5.91. The highest BCUT2D eigenvalue weighted by molar-refractivity contribution is 9.09. The molecule has 0 aliphatic rings. The lowest BCUT2D eigenvalue weighted by Crippen LogP contribution is -2.11. The Bertz CT molecular complexity index is 1700. The second kappa shape index (κ2) is 25.1. The number of hydrogen-bond acceptors (Lipinski definition) is 12. The molecule has 3 aromatic rings. The van der Waals surface area contributed by atoms with Gasteiger partial charge in [0.2, 0.25) is 11.7 Å². The number of esters is 3. The molecule has 14 nitrogen and oxygen atoms in total. The van der Waals surface area contributed by atoms with E-state index < -0.39 is 44.5 Å². The predicted octanol–water partition coefficient (Wildman–Crippen LogP) is 7.26. The number of anilines is 1. The van der Waals surface area contributed by atoms with Crippen LogP contribution in [0.3, 0.4) is 0 Å². The van der Waals surface area contributed by atoms with E-state index in [4.69, 9.17) is 5.73 Å². The second-order valence-corrected chi connectivity index (χ2v) is 9.66. The van der Waals surface area contributed by atoms with Crippen LogP contribution in [0, 0.1) is 20.2 Å². The molecule has 0 heterocycles. The molecule has 0 amide bonds. The number of carbonyl (C=O) groups is 4. The van der Waals surface area contributed by atoms with Crippen molar-refractivity contribution >= 4 is 69.3 Å². The van der Waals surface area contributed by atoms with Gasteiger partial charge in [0.25, 0.3) is 16.5 Å². The van der Waals surface area contributed by atoms with Crippen molar-refractivity contribution in [2.75, 3.05) is 25.6 Å². The molecule has 2 N–H and O–H groups in total. The minimum Gasteiger partial charge on any atom is -0.463 e. The van der Waals surface area contributed by atoms with Crippen LogP contribution in [0.5, 0.6) is 0 Å². The van der Waals surface area contributed by atoms with Gasteiger partial charge in [0.15, 0.2) is 6.29 Å². The van der Waals surface area contributed by atoms with Gasteiger partial charge in [0, 0.05) is 23.4 Å². The molecule has 3 aromatic carbocycles. The molecule has 0 radical (unpaired) electrons. The number of ether oxygens (including phenoxy) is 3. The third kappa shape index (κ3) is 17.9. The lowest BCUT2D eigenvalue weighted by atomic mass is 10.1. The van der Waals surface area contributed by atoms with Gasteiger partial charge < -0.3 is 19.9 Å². The predicted molar refractivity (Wildman–Crippen MR) is 184 cm³/mol. The fourth-order valence-corrected chi connectivity index (χ4v) is 3.30. The average Bonchev–Trinajstić information content (AvgIpc) is 3.10. The number of aldehydes is 1. The van der Waals surface area contributed by atoms with Crippen LogP contribution in [0.1, 0.15) is 42.3 Å². The molecule has 1 unspecified atom stereocenters. The molecule has 0 aliphatic heterocycles. The second-order valence-electron chi connectivity index (χ2n) is 8.86. The summed E-state index contributed by atoms with van der Waals surface area (Å²) in [6.45, 7) is 5.16. The number of para-hydroxylation sites is 3. The third-order valence-corrected chi connectivity index (χ3v) is 5.73. The van der Waals surface area contributed by atoms with Crippen LogP contribution >= 0.6 is 15.9 Å². The van der Waals surface area contributed by atoms with Gasteiger partial charge in [-0.05, 0) is 67.1 Å². The number of nitro benzene ring substituents is 2. The highest BCUT2D eigenvalue weighted by atomic mass is 79.9. The molecule has 3 rings (SSSR count). The highest BCUT2D eigenvalue weighted by Gasteiger charge is 2.15. The van der Waals surface area contributed by atoms with Crippen LogP contribution < -0.4 is 5.73 Å². The van der Waals surface area contributed by atoms with Crippen LogP contribution in [0.2, 0.25) is 0 Å². The molecule has 0 aromatic heterocycles. The van der Waals surface area contributed by atoms with Crippen molar-refractivity contribution in [3.05, 3.63) is 121 Å². The maximum atomic E-state index is 13.3. The van der Waals surface area contributed by atoms with Crippen LogP contribution in [0.15, 0.2) is 84.5 Å². The number of nitrogens with zero attached hydrogens (tertiary/aromatic N) is 2. The van der Waals surface area contributed by atoms with Gasteiger partial charge in [0.05, 0.1) is 40.8 Å². The highest BCUT2D eigenvalue weighted by Crippen LogP contribution is 2.21. The number of rotatable bonds is 11. The van der Waals surface area contributed by atoms with Crippen molar-refractivity contribution < 1.29 is 56.4 Å². The summed E-state index contributed by atoms with van der Waals surface area (Å²) in [6.07, 6.45) is 2.32. The van der Waals surface area contributed by atoms with Crippen molar-refractivity contribution in [3.8, 4) is 0 Å². The quantitative estimate of drug-likeness (QED) is 0.0298. The maximum absolute atomic E-state index is 13.3. The molecule has 0 saturated heterocycles. The van der Waals surface area contributed by atoms with E-state index in [1.54, 1.807) is 44.2 Å². The summed E-state index contributed by atoms with van der Waals surface area (Å²) in [4.78, 5) is 61.9. The number of nitrogen functional groups attached to an aromatic ring is 1. The van der Waals surface area contributed by atoms with E-state index in [2.05, 4.69) is 30.1 Å². The Labute approximate surface area is 298 Å². The molecule has 0 spiro atoms. The number of halogens is 4. The normalized spacial score (nSPS) is 11.0. The largest absolute Gasteiger partial charge is 0.463 e. The first-order chi connectivity index (χ1) is 24.1. The van der Waals surface area contributed by atoms with Crippen LogP contribution in [0.4, 0.5) is 30.2 Å². The molecule has 0 aliphatic carbocycles. The van der Waals surface area contributed by atoms with Crippen molar-refractivity contribution in [1.29, 1.82) is 0 Å². The number of hydrogen-bond donors (Lipinski definition) is 1. The Kier molecular flexibility index (Phi) is 22.2. The van der Waals surface area contributed by atoms with Crippen molar-refractivity contribution in [2.24, 2.45) is 0 Å². The standard InChI is InChI=1S/C11H10FNO4.C11H12FNO2.C7H5NO3.C4H6BrFO2/c1-2-17-11(14)9(12)7-8-5-3-4-6-10(8)13(15)16;1-2-15-11(14)9(12)7-8-5-3-4-6-10(8)13;9-5-6-3-1-2-4-7(6)8(10)11;1-2-8-4(7)3(5)6/h3-7H,2H2,1H3;3-7H,2,13H2,1H3;1-5H;3H,2H2,1H3/b2*9-7-;;. The molecular weight excluding hydrogens is 751 g/mol. The summed E-state index contributed by atoms with van der Waals surface area (Å²) in [7, 11) is 0. The number of benzene rings is 3. The Morgan fingerprint density at radius 3 is 1.45 bits per heavy atom. The lowest BCUT2D eigenvalue weighted by Gasteiger charge is -2.00. The Balaban J connectivity index is 0.000000677. The number of nitrogens with two attached hydrogens (primary N) is 1. The van der Waals surface area contributed by atoms with E-state index in [0.717, 1.165) is 12.2 Å². The van der Waals surface area contributed by atoms with E-state index in [1.165, 1.54) is 49.4 Å². The fraction of sp³-hybridized carbons (Fsp3) is 0.212. The SMILES string of the molecule is CCOC(=O)/C(F)=C/c1ccccc1N.CCOC(=O)/C(F)=C/c1ccccc1[N+](=O)[O-].CCOC(=O)C(F)Br.O=Cc1ccccc1[N+](=O)[O-]. The van der Waals surface area contributed by atoms with Crippen LogP contribution in [0.25, 0.3) is 12.2 Å². The van der Waals surface area contributed by atoms with Crippen LogP contribution in [-0.4, -0.2) is 58.9 Å². The molecule has 51 heavy (non-hydrogen) atoms. The Morgan fingerprint density at radius 1 is 0.725 bits per heavy atom. The van der Waals surface area contributed by atoms with Gasteiger partial charge in [-0.3, -0.25) is 25.0 Å². The fourth-order valence-electron chi connectivity index (χ4n) is 3.17. The smallest absolute Gasteiger partial charge is 0.367 e. The van der Waals surface area contributed by atoms with Gasteiger partial charge in [-0.2, -0.15) is 8.78 Å². The molecule has 274 valence electrons. The van der Waals surface area contributed by atoms with Crippen molar-refractivity contribution in [2.45, 2.75) is 25.9 Å². The number of carbonyl (C=O) groups excluding carboxylic acids is 4. The van der Waals surface area contributed by atoms with Gasteiger partial charge in [-0.25, -0.2) is 18.8 Å². The summed E-state index contributed by atoms with van der Waals surface area (Å²) >= 11 is 2.40. The van der Waals surface area contributed by atoms with Crippen molar-refractivity contribution in [1.82, 2.24) is 0 Å². The maximum Gasteiger partial charge on any atom is 0.367 e. The molecule has 0 bridgehead atoms. The summed E-state index contributed by atoms with van der Waals surface area (Å²) in [6, 6.07) is 18.0. The topological polar surface area (TPSA) is 208 Å². The first-order valence-electron chi connectivity index (χ1n) is 14.4. The van der Waals surface area contributed by atoms with Gasteiger partial charge >= 0.3 is 17.9 Å². The third-order valence-electron chi connectivity index (χ3n) is 5.36. The van der Waals surface area contributed by atoms with E-state index in [-0.39, 0.29) is 42.3 Å². The van der Waals surface area contributed by atoms with Gasteiger partial charge in [-0.15, -0.1) is 0 Å². The van der Waals surface area contributed by atoms with Gasteiger partial charge in [0.1, 0.15) is 0 Å². The zero-order chi connectivity index (χ0) is 38.9. The monoisotopic (exact) mass is 783 g/mol. The Morgan fingerprint density at radius 2 is 1.10 bits per heavy atom. The number of nitro groups is 2. The first kappa shape index (κ1) is 45.1. The van der Waals surface area contributed by atoms with Crippen molar-refractivity contribution in [3.63, 3.8) is 0 Å². The first-order valence-corrected chi connectivity index (χ1v) is 15.4. The molecule has 18 heteroatoms.